The van der Waals surface area contributed by atoms with Crippen molar-refractivity contribution in [3.8, 4) is 0 Å². The van der Waals surface area contributed by atoms with E-state index in [9.17, 15) is 9.59 Å². The third-order valence-electron chi connectivity index (χ3n) is 2.83. The number of amides is 2. The predicted octanol–water partition coefficient (Wildman–Crippen LogP) is 1.36. The van der Waals surface area contributed by atoms with Crippen LogP contribution in [-0.2, 0) is 9.59 Å². The van der Waals surface area contributed by atoms with Crippen LogP contribution in [0.4, 0.5) is 0 Å². The number of likely N-dealkylation sites (tertiary alicyclic amines) is 1. The average molecular weight is 251 g/mol. The summed E-state index contributed by atoms with van der Waals surface area (Å²) in [5.74, 6) is -0.172. The Balaban J connectivity index is 2.08. The minimum Gasteiger partial charge on any atom is -0.358 e. The normalized spacial score (nSPS) is 16.8. The number of nitrogens with zero attached hydrogens (tertiary/aromatic N) is 1. The molecule has 1 saturated heterocycles. The first kappa shape index (κ1) is 12.1. The molecule has 1 aromatic rings. The number of hydrogen-bond donors (Lipinski definition) is 1. The maximum Gasteiger partial charge on any atom is 0.233 e. The molecular weight excluding hydrogens is 236 g/mol. The quantitative estimate of drug-likeness (QED) is 0.803. The van der Waals surface area contributed by atoms with Crippen molar-refractivity contribution >= 4 is 23.7 Å². The molecule has 1 N–H and O–H groups in total. The van der Waals surface area contributed by atoms with Gasteiger partial charge in [0, 0.05) is 18.0 Å². The van der Waals surface area contributed by atoms with Crippen molar-refractivity contribution in [3.05, 3.63) is 28.9 Å². The minimum absolute atomic E-state index is 0.0827. The first-order chi connectivity index (χ1) is 8.33. The van der Waals surface area contributed by atoms with Gasteiger partial charge in [0.15, 0.2) is 0 Å². The highest BCUT2D eigenvalue weighted by Gasteiger charge is 2.28. The van der Waals surface area contributed by atoms with Gasteiger partial charge in [-0.3, -0.25) is 9.59 Å². The van der Waals surface area contributed by atoms with Gasteiger partial charge in [-0.2, -0.15) is 0 Å². The van der Waals surface area contributed by atoms with E-state index in [2.05, 4.69) is 5.32 Å². The number of carbonyl (C=O) groups is 2. The molecular formula is C12H15N2O2S. The van der Waals surface area contributed by atoms with Crippen LogP contribution in [0.5, 0.6) is 0 Å². The third kappa shape index (κ3) is 2.85. The molecule has 4 nitrogen and oxygen atoms in total. The Morgan fingerprint density at radius 1 is 1.65 bits per heavy atom. The molecule has 1 unspecified atom stereocenters. The van der Waals surface area contributed by atoms with Crippen LogP contribution in [0.2, 0.25) is 0 Å². The molecule has 2 heterocycles. The molecule has 2 rings (SSSR count). The van der Waals surface area contributed by atoms with E-state index in [0.717, 1.165) is 24.3 Å². The Morgan fingerprint density at radius 3 is 3.12 bits per heavy atom. The van der Waals surface area contributed by atoms with Gasteiger partial charge in [0.05, 0.1) is 12.5 Å². The molecule has 0 aliphatic carbocycles. The van der Waals surface area contributed by atoms with Crippen LogP contribution in [0.25, 0.3) is 0 Å². The topological polar surface area (TPSA) is 49.4 Å². The lowest BCUT2D eigenvalue weighted by Crippen LogP contribution is -2.35. The van der Waals surface area contributed by atoms with E-state index in [-0.39, 0.29) is 11.8 Å². The SMILES string of the molecule is O=CNCC(C(=O)N1[CH]CCC1)c1cccs1. The highest BCUT2D eigenvalue weighted by Crippen LogP contribution is 2.25. The molecule has 5 heteroatoms. The third-order valence-corrected chi connectivity index (χ3v) is 3.81. The number of carbonyl (C=O) groups excluding carboxylic acids is 2. The fourth-order valence-electron chi connectivity index (χ4n) is 1.97. The second-order valence-electron chi connectivity index (χ2n) is 3.95. The average Bonchev–Trinajstić information content (AvgIpc) is 3.02. The summed E-state index contributed by atoms with van der Waals surface area (Å²) in [6.45, 7) is 3.11. The molecule has 1 aromatic heterocycles. The van der Waals surface area contributed by atoms with Crippen molar-refractivity contribution in [1.29, 1.82) is 0 Å². The fraction of sp³-hybridized carbons (Fsp3) is 0.417. The summed E-state index contributed by atoms with van der Waals surface area (Å²) < 4.78 is 0. The summed E-state index contributed by atoms with van der Waals surface area (Å²) >= 11 is 1.55. The maximum absolute atomic E-state index is 12.3. The molecule has 1 aliphatic heterocycles. The summed E-state index contributed by atoms with van der Waals surface area (Å²) in [6, 6.07) is 3.87. The van der Waals surface area contributed by atoms with Gasteiger partial charge in [-0.1, -0.05) is 6.07 Å². The Morgan fingerprint density at radius 2 is 2.53 bits per heavy atom. The summed E-state index contributed by atoms with van der Waals surface area (Å²) in [4.78, 5) is 25.5. The van der Waals surface area contributed by atoms with E-state index >= 15 is 0 Å². The lowest BCUT2D eigenvalue weighted by Gasteiger charge is -2.21. The van der Waals surface area contributed by atoms with Crippen molar-refractivity contribution in [2.75, 3.05) is 13.1 Å². The van der Waals surface area contributed by atoms with Crippen molar-refractivity contribution in [3.63, 3.8) is 0 Å². The van der Waals surface area contributed by atoms with Crippen LogP contribution < -0.4 is 5.32 Å². The van der Waals surface area contributed by atoms with Gasteiger partial charge in [-0.25, -0.2) is 0 Å². The predicted molar refractivity (Wildman–Crippen MR) is 66.4 cm³/mol. The standard InChI is InChI=1S/C12H15N2O2S/c15-9-13-8-10(11-4-3-7-17-11)12(16)14-5-1-2-6-14/h3-5,7,9-10H,1-2,6,8H2,(H,13,15). The molecule has 17 heavy (non-hydrogen) atoms. The van der Waals surface area contributed by atoms with Gasteiger partial charge in [0.2, 0.25) is 12.3 Å². The molecule has 1 fully saturated rings. The highest BCUT2D eigenvalue weighted by atomic mass is 32.1. The van der Waals surface area contributed by atoms with Crippen molar-refractivity contribution in [1.82, 2.24) is 10.2 Å². The molecule has 1 radical (unpaired) electrons. The zero-order valence-electron chi connectivity index (χ0n) is 9.46. The van der Waals surface area contributed by atoms with E-state index in [1.807, 2.05) is 24.1 Å². The van der Waals surface area contributed by atoms with Gasteiger partial charge in [-0.15, -0.1) is 11.3 Å². The number of thiophene rings is 1. The molecule has 1 aliphatic rings. The Hall–Kier alpha value is -1.36. The van der Waals surface area contributed by atoms with Crippen LogP contribution in [0.1, 0.15) is 23.6 Å². The Labute approximate surface area is 105 Å². The highest BCUT2D eigenvalue weighted by molar-refractivity contribution is 7.10. The molecule has 91 valence electrons. The van der Waals surface area contributed by atoms with E-state index in [0.29, 0.717) is 13.0 Å². The summed E-state index contributed by atoms with van der Waals surface area (Å²) in [7, 11) is 0. The Bertz CT molecular complexity index is 372. The number of rotatable bonds is 5. The number of nitrogens with one attached hydrogen (secondary N) is 1. The van der Waals surface area contributed by atoms with Crippen molar-refractivity contribution in [2.24, 2.45) is 0 Å². The molecule has 1 atom stereocenters. The van der Waals surface area contributed by atoms with Crippen LogP contribution in [0.15, 0.2) is 17.5 Å². The zero-order valence-corrected chi connectivity index (χ0v) is 10.3. The zero-order chi connectivity index (χ0) is 12.1. The van der Waals surface area contributed by atoms with Crippen molar-refractivity contribution < 1.29 is 9.59 Å². The first-order valence-corrected chi connectivity index (χ1v) is 6.55. The minimum atomic E-state index is -0.255. The van der Waals surface area contributed by atoms with Crippen LogP contribution in [-0.4, -0.2) is 30.3 Å². The number of hydrogen-bond acceptors (Lipinski definition) is 3. The van der Waals surface area contributed by atoms with Gasteiger partial charge in [0.1, 0.15) is 0 Å². The Kier molecular flexibility index (Phi) is 4.14. The molecule has 0 spiro atoms. The maximum atomic E-state index is 12.3. The monoisotopic (exact) mass is 251 g/mol. The second-order valence-corrected chi connectivity index (χ2v) is 4.93. The van der Waals surface area contributed by atoms with Crippen LogP contribution >= 0.6 is 11.3 Å². The van der Waals surface area contributed by atoms with Crippen molar-refractivity contribution in [2.45, 2.75) is 18.8 Å². The molecule has 2 amide bonds. The molecule has 0 saturated carbocycles. The van der Waals surface area contributed by atoms with E-state index in [1.165, 1.54) is 0 Å². The lowest BCUT2D eigenvalue weighted by molar-refractivity contribution is -0.130. The van der Waals surface area contributed by atoms with E-state index < -0.39 is 0 Å². The summed E-state index contributed by atoms with van der Waals surface area (Å²) in [6.07, 6.45) is 2.63. The van der Waals surface area contributed by atoms with Crippen LogP contribution in [0, 0.1) is 6.54 Å². The van der Waals surface area contributed by atoms with Gasteiger partial charge in [0.25, 0.3) is 0 Å². The van der Waals surface area contributed by atoms with E-state index in [4.69, 9.17) is 0 Å². The first-order valence-electron chi connectivity index (χ1n) is 5.67. The summed E-state index contributed by atoms with van der Waals surface area (Å²) in [5.41, 5.74) is 0. The van der Waals surface area contributed by atoms with Gasteiger partial charge >= 0.3 is 0 Å². The van der Waals surface area contributed by atoms with Gasteiger partial charge < -0.3 is 10.2 Å². The fourth-order valence-corrected chi connectivity index (χ4v) is 2.79. The largest absolute Gasteiger partial charge is 0.358 e. The summed E-state index contributed by atoms with van der Waals surface area (Å²) in [5, 5.41) is 4.55. The van der Waals surface area contributed by atoms with Gasteiger partial charge in [-0.05, 0) is 24.3 Å². The lowest BCUT2D eigenvalue weighted by atomic mass is 10.1. The molecule has 0 aromatic carbocycles. The van der Waals surface area contributed by atoms with Crippen LogP contribution in [0.3, 0.4) is 0 Å². The second kappa shape index (κ2) is 5.82. The smallest absolute Gasteiger partial charge is 0.233 e. The molecule has 0 bridgehead atoms. The van der Waals surface area contributed by atoms with E-state index in [1.54, 1.807) is 16.2 Å².